The molecule has 1 aromatic heterocycles. The molecule has 1 aromatic rings. The molecule has 1 fully saturated rings. The summed E-state index contributed by atoms with van der Waals surface area (Å²) in [5.41, 5.74) is 0.937. The van der Waals surface area contributed by atoms with Crippen molar-refractivity contribution in [3.05, 3.63) is 20.9 Å². The Labute approximate surface area is 146 Å². The van der Waals surface area contributed by atoms with Crippen LogP contribution in [-0.4, -0.2) is 40.1 Å². The highest BCUT2D eigenvalue weighted by Crippen LogP contribution is 2.41. The molecule has 0 spiro atoms. The number of amides is 3. The maximum atomic E-state index is 13.1. The van der Waals surface area contributed by atoms with Crippen LogP contribution in [-0.2, 0) is 22.6 Å². The topological polar surface area (TPSA) is 57.7 Å². The highest BCUT2D eigenvalue weighted by atomic mass is 32.1. The normalized spacial score (nSPS) is 24.3. The summed E-state index contributed by atoms with van der Waals surface area (Å²) in [6.45, 7) is 8.60. The quantitative estimate of drug-likeness (QED) is 0.789. The first-order valence-electron chi connectivity index (χ1n) is 8.41. The molecule has 0 aromatic carbocycles. The third-order valence-electron chi connectivity index (χ3n) is 5.21. The first-order chi connectivity index (χ1) is 11.2. The van der Waals surface area contributed by atoms with Gasteiger partial charge in [-0.05, 0) is 38.2 Å². The smallest absolute Gasteiger partial charge is 0.256 e. The Morgan fingerprint density at radius 3 is 2.54 bits per heavy atom. The first kappa shape index (κ1) is 17.1. The zero-order valence-electron chi connectivity index (χ0n) is 14.9. The van der Waals surface area contributed by atoms with Gasteiger partial charge in [-0.1, -0.05) is 13.8 Å². The molecule has 3 amide bonds. The zero-order valence-corrected chi connectivity index (χ0v) is 15.7. The second-order valence-corrected chi connectivity index (χ2v) is 8.77. The minimum Gasteiger partial charge on any atom is -0.320 e. The monoisotopic (exact) mass is 348 g/mol. The van der Waals surface area contributed by atoms with Crippen molar-refractivity contribution >= 4 is 29.1 Å². The molecule has 130 valence electrons. The van der Waals surface area contributed by atoms with Gasteiger partial charge < -0.3 is 4.90 Å². The van der Waals surface area contributed by atoms with Crippen LogP contribution in [0.5, 0.6) is 0 Å². The Bertz CT molecular complexity index is 737. The van der Waals surface area contributed by atoms with Crippen molar-refractivity contribution in [1.29, 1.82) is 0 Å². The molecule has 2 aliphatic heterocycles. The fourth-order valence-electron chi connectivity index (χ4n) is 3.71. The van der Waals surface area contributed by atoms with Gasteiger partial charge in [0.25, 0.3) is 11.8 Å². The van der Waals surface area contributed by atoms with Crippen LogP contribution >= 0.6 is 11.3 Å². The van der Waals surface area contributed by atoms with Gasteiger partial charge in [0.1, 0.15) is 5.54 Å². The summed E-state index contributed by atoms with van der Waals surface area (Å²) in [6.07, 6.45) is 1.57. The number of aryl methyl sites for hydroxylation is 1. The van der Waals surface area contributed by atoms with Crippen molar-refractivity contribution in [3.8, 4) is 0 Å². The van der Waals surface area contributed by atoms with Crippen LogP contribution in [0.2, 0.25) is 0 Å². The molecule has 0 bridgehead atoms. The molecule has 0 radical (unpaired) electrons. The maximum absolute atomic E-state index is 13.1. The van der Waals surface area contributed by atoms with Gasteiger partial charge >= 0.3 is 0 Å². The number of carbonyl (C=O) groups is 3. The van der Waals surface area contributed by atoms with E-state index in [1.54, 1.807) is 23.2 Å². The molecule has 0 aliphatic carbocycles. The van der Waals surface area contributed by atoms with E-state index in [9.17, 15) is 14.4 Å². The Balaban J connectivity index is 1.97. The Hall–Kier alpha value is -1.69. The average molecular weight is 348 g/mol. The van der Waals surface area contributed by atoms with Gasteiger partial charge in [-0.25, -0.2) is 0 Å². The van der Waals surface area contributed by atoms with Crippen LogP contribution < -0.4 is 0 Å². The lowest BCUT2D eigenvalue weighted by Gasteiger charge is -2.42. The minimum absolute atomic E-state index is 0.0522. The van der Waals surface area contributed by atoms with Gasteiger partial charge in [0.2, 0.25) is 5.91 Å². The molecule has 3 heterocycles. The van der Waals surface area contributed by atoms with Crippen LogP contribution in [0.4, 0.5) is 0 Å². The largest absolute Gasteiger partial charge is 0.320 e. The van der Waals surface area contributed by atoms with Crippen LogP contribution in [0.1, 0.15) is 59.3 Å². The van der Waals surface area contributed by atoms with E-state index < -0.39 is 5.54 Å². The molecule has 0 saturated carbocycles. The van der Waals surface area contributed by atoms with Crippen molar-refractivity contribution < 1.29 is 14.4 Å². The van der Waals surface area contributed by atoms with Crippen LogP contribution in [0.3, 0.4) is 0 Å². The summed E-state index contributed by atoms with van der Waals surface area (Å²) in [7, 11) is 1.51. The van der Waals surface area contributed by atoms with Crippen molar-refractivity contribution in [1.82, 2.24) is 9.80 Å². The highest BCUT2D eigenvalue weighted by molar-refractivity contribution is 7.12. The predicted molar refractivity (Wildman–Crippen MR) is 92.9 cm³/mol. The number of likely N-dealkylation sites (tertiary alicyclic amines) is 1. The van der Waals surface area contributed by atoms with Crippen LogP contribution in [0.25, 0.3) is 0 Å². The Morgan fingerprint density at radius 2 is 1.92 bits per heavy atom. The Kier molecular flexibility index (Phi) is 4.06. The number of hydrogen-bond acceptors (Lipinski definition) is 4. The van der Waals surface area contributed by atoms with Crippen LogP contribution in [0.15, 0.2) is 0 Å². The first-order valence-corrected chi connectivity index (χ1v) is 9.22. The summed E-state index contributed by atoms with van der Waals surface area (Å²) >= 11 is 1.70. The van der Waals surface area contributed by atoms with Crippen molar-refractivity contribution in [2.24, 2.45) is 5.92 Å². The fourth-order valence-corrected chi connectivity index (χ4v) is 5.10. The molecular weight excluding hydrogens is 324 g/mol. The predicted octanol–water partition coefficient (Wildman–Crippen LogP) is 2.75. The number of fused-ring (bicyclic) bond motifs is 1. The standard InChI is InChI=1S/C18H24N2O3S/c1-10(2)8-13-15-12(11(3)24-13)9-20(16(15)22)18(4)7-6-14(21)19(5)17(18)23/h10H,6-9H2,1-5H3. The highest BCUT2D eigenvalue weighted by Gasteiger charge is 2.51. The maximum Gasteiger partial charge on any atom is 0.256 e. The third kappa shape index (κ3) is 2.39. The number of nitrogens with zero attached hydrogens (tertiary/aromatic N) is 2. The molecule has 1 unspecified atom stereocenters. The summed E-state index contributed by atoms with van der Waals surface area (Å²) in [4.78, 5) is 42.8. The fraction of sp³-hybridized carbons (Fsp3) is 0.611. The van der Waals surface area contributed by atoms with E-state index in [0.29, 0.717) is 25.3 Å². The molecule has 5 nitrogen and oxygen atoms in total. The van der Waals surface area contributed by atoms with E-state index in [1.807, 2.05) is 6.92 Å². The molecular formula is C18H24N2O3S. The lowest BCUT2D eigenvalue weighted by molar-refractivity contribution is -0.155. The number of hydrogen-bond donors (Lipinski definition) is 0. The molecule has 3 rings (SSSR count). The number of rotatable bonds is 3. The average Bonchev–Trinajstić information content (AvgIpc) is 3.00. The van der Waals surface area contributed by atoms with Gasteiger partial charge in [0, 0.05) is 29.8 Å². The zero-order chi connectivity index (χ0) is 17.8. The molecule has 0 N–H and O–H groups in total. The van der Waals surface area contributed by atoms with E-state index >= 15 is 0 Å². The second kappa shape index (κ2) is 5.69. The van der Waals surface area contributed by atoms with E-state index in [4.69, 9.17) is 0 Å². The summed E-state index contributed by atoms with van der Waals surface area (Å²) in [5, 5.41) is 0. The van der Waals surface area contributed by atoms with Gasteiger partial charge in [0.15, 0.2) is 0 Å². The van der Waals surface area contributed by atoms with Gasteiger partial charge in [-0.2, -0.15) is 0 Å². The van der Waals surface area contributed by atoms with Gasteiger partial charge in [-0.3, -0.25) is 19.3 Å². The van der Waals surface area contributed by atoms with Crippen molar-refractivity contribution in [3.63, 3.8) is 0 Å². The number of imide groups is 1. The van der Waals surface area contributed by atoms with Gasteiger partial charge in [0.05, 0.1) is 5.56 Å². The summed E-state index contributed by atoms with van der Waals surface area (Å²) in [6, 6.07) is 0. The summed E-state index contributed by atoms with van der Waals surface area (Å²) in [5.74, 6) is -0.0211. The molecule has 1 atom stereocenters. The third-order valence-corrected chi connectivity index (χ3v) is 6.38. The SMILES string of the molecule is Cc1sc(CC(C)C)c2c1CN(C1(C)CCC(=O)N(C)C1=O)C2=O. The lowest BCUT2D eigenvalue weighted by Crippen LogP contribution is -2.61. The lowest BCUT2D eigenvalue weighted by atomic mass is 9.88. The van der Waals surface area contributed by atoms with Crippen molar-refractivity contribution in [2.75, 3.05) is 7.05 Å². The van der Waals surface area contributed by atoms with E-state index in [-0.39, 0.29) is 17.7 Å². The molecule has 1 saturated heterocycles. The van der Waals surface area contributed by atoms with E-state index in [0.717, 1.165) is 27.3 Å². The summed E-state index contributed by atoms with van der Waals surface area (Å²) < 4.78 is 0. The Morgan fingerprint density at radius 1 is 1.25 bits per heavy atom. The molecule has 24 heavy (non-hydrogen) atoms. The number of likely N-dealkylation sites (N-methyl/N-ethyl adjacent to an activating group) is 1. The van der Waals surface area contributed by atoms with Gasteiger partial charge in [-0.15, -0.1) is 11.3 Å². The molecule has 2 aliphatic rings. The number of thiophene rings is 1. The molecule has 6 heteroatoms. The van der Waals surface area contributed by atoms with E-state index in [1.165, 1.54) is 11.9 Å². The minimum atomic E-state index is -0.933. The van der Waals surface area contributed by atoms with Crippen LogP contribution in [0, 0.1) is 12.8 Å². The second-order valence-electron chi connectivity index (χ2n) is 7.46. The van der Waals surface area contributed by atoms with Crippen molar-refractivity contribution in [2.45, 2.75) is 59.0 Å². The number of carbonyl (C=O) groups excluding carboxylic acids is 3. The number of piperidine rings is 1. The van der Waals surface area contributed by atoms with E-state index in [2.05, 4.69) is 13.8 Å².